The van der Waals surface area contributed by atoms with Crippen LogP contribution in [-0.4, -0.2) is 41.4 Å². The molecule has 3 amide bonds. The molecule has 2 aromatic rings. The second-order valence-electron chi connectivity index (χ2n) is 6.85. The summed E-state index contributed by atoms with van der Waals surface area (Å²) in [5.41, 5.74) is 3.52. The zero-order valence-electron chi connectivity index (χ0n) is 15.5. The van der Waals surface area contributed by atoms with Gasteiger partial charge >= 0.3 is 6.03 Å². The first kappa shape index (κ1) is 18.0. The smallest absolute Gasteiger partial charge is 0.321 e. The second-order valence-corrected chi connectivity index (χ2v) is 6.85. The van der Waals surface area contributed by atoms with Gasteiger partial charge in [0.25, 0.3) is 5.91 Å². The van der Waals surface area contributed by atoms with Crippen molar-refractivity contribution in [2.24, 2.45) is 5.92 Å². The number of nitrogens with zero attached hydrogens (tertiary/aromatic N) is 3. The van der Waals surface area contributed by atoms with Gasteiger partial charge in [0.1, 0.15) is 0 Å². The Labute approximate surface area is 153 Å². The van der Waals surface area contributed by atoms with Crippen molar-refractivity contribution in [3.8, 4) is 0 Å². The molecular weight excluding hydrogens is 330 g/mol. The van der Waals surface area contributed by atoms with Crippen LogP contribution in [0.5, 0.6) is 0 Å². The summed E-state index contributed by atoms with van der Waals surface area (Å²) in [7, 11) is 0. The third-order valence-corrected chi connectivity index (χ3v) is 4.50. The van der Waals surface area contributed by atoms with Gasteiger partial charge < -0.3 is 10.6 Å². The number of benzene rings is 1. The van der Waals surface area contributed by atoms with E-state index in [9.17, 15) is 9.59 Å². The molecule has 0 unspecified atom stereocenters. The summed E-state index contributed by atoms with van der Waals surface area (Å²) in [6, 6.07) is 9.07. The summed E-state index contributed by atoms with van der Waals surface area (Å²) in [6.07, 6.45) is 0. The Bertz CT molecular complexity index is 797. The molecule has 1 saturated heterocycles. The van der Waals surface area contributed by atoms with Gasteiger partial charge in [-0.1, -0.05) is 6.92 Å². The quantitative estimate of drug-likeness (QED) is 0.833. The molecule has 0 radical (unpaired) electrons. The van der Waals surface area contributed by atoms with E-state index in [2.05, 4.69) is 22.7 Å². The third kappa shape index (κ3) is 4.04. The monoisotopic (exact) mass is 355 g/mol. The lowest BCUT2D eigenvalue weighted by Gasteiger charge is -2.16. The lowest BCUT2D eigenvalue weighted by atomic mass is 10.1. The number of nitrogens with one attached hydrogen (secondary N) is 2. The normalized spacial score (nSPS) is 15.0. The number of urea groups is 1. The van der Waals surface area contributed by atoms with E-state index in [0.29, 0.717) is 25.2 Å². The number of carbonyl (C=O) groups is 2. The standard InChI is InChI=1S/C19H25N5O2/c1-13(12-24-15(3)10-14(2)22-24)11-21-18(25)16-4-6-17(7-5-16)23-9-8-20-19(23)26/h4-7,10,13H,8-9,11-12H2,1-3H3,(H,20,26)(H,21,25)/t13-/m0/s1. The summed E-state index contributed by atoms with van der Waals surface area (Å²) in [4.78, 5) is 25.7. The van der Waals surface area contributed by atoms with Gasteiger partial charge in [0.15, 0.2) is 0 Å². The van der Waals surface area contributed by atoms with Crippen LogP contribution in [0.15, 0.2) is 30.3 Å². The largest absolute Gasteiger partial charge is 0.352 e. The lowest BCUT2D eigenvalue weighted by molar-refractivity contribution is 0.0946. The van der Waals surface area contributed by atoms with Gasteiger partial charge in [-0.2, -0.15) is 5.10 Å². The molecule has 1 aliphatic heterocycles. The van der Waals surface area contributed by atoms with Crippen molar-refractivity contribution in [1.29, 1.82) is 0 Å². The molecule has 7 nitrogen and oxygen atoms in total. The molecule has 1 fully saturated rings. The Kier molecular flexibility index (Phi) is 5.25. The minimum atomic E-state index is -0.109. The Balaban J connectivity index is 1.53. The van der Waals surface area contributed by atoms with Crippen LogP contribution in [-0.2, 0) is 6.54 Å². The topological polar surface area (TPSA) is 79.3 Å². The predicted molar refractivity (Wildman–Crippen MR) is 100 cm³/mol. The molecule has 1 aliphatic rings. The first-order chi connectivity index (χ1) is 12.4. The summed E-state index contributed by atoms with van der Waals surface area (Å²) < 4.78 is 1.97. The molecule has 3 rings (SSSR count). The van der Waals surface area contributed by atoms with Crippen LogP contribution in [0.4, 0.5) is 10.5 Å². The average Bonchev–Trinajstić information content (AvgIpc) is 3.18. The van der Waals surface area contributed by atoms with Crippen LogP contribution in [0, 0.1) is 19.8 Å². The van der Waals surface area contributed by atoms with E-state index in [1.165, 1.54) is 0 Å². The van der Waals surface area contributed by atoms with E-state index in [0.717, 1.165) is 23.6 Å². The van der Waals surface area contributed by atoms with Gasteiger partial charge in [-0.05, 0) is 50.1 Å². The predicted octanol–water partition coefficient (Wildman–Crippen LogP) is 2.10. The summed E-state index contributed by atoms with van der Waals surface area (Å²) in [5.74, 6) is 0.159. The van der Waals surface area contributed by atoms with E-state index in [4.69, 9.17) is 0 Å². The number of anilines is 1. The molecule has 1 aromatic carbocycles. The molecule has 7 heteroatoms. The highest BCUT2D eigenvalue weighted by molar-refractivity contribution is 5.96. The molecule has 0 bridgehead atoms. The van der Waals surface area contributed by atoms with E-state index >= 15 is 0 Å². The maximum Gasteiger partial charge on any atom is 0.321 e. The molecule has 2 N–H and O–H groups in total. The summed E-state index contributed by atoms with van der Waals surface area (Å²) in [6.45, 7) is 8.74. The fraction of sp³-hybridized carbons (Fsp3) is 0.421. The minimum Gasteiger partial charge on any atom is -0.352 e. The van der Waals surface area contributed by atoms with E-state index < -0.39 is 0 Å². The third-order valence-electron chi connectivity index (χ3n) is 4.50. The van der Waals surface area contributed by atoms with Crippen molar-refractivity contribution in [1.82, 2.24) is 20.4 Å². The molecule has 0 aliphatic carbocycles. The Morgan fingerprint density at radius 3 is 2.62 bits per heavy atom. The zero-order valence-corrected chi connectivity index (χ0v) is 15.5. The second kappa shape index (κ2) is 7.59. The van der Waals surface area contributed by atoms with Crippen LogP contribution in [0.1, 0.15) is 28.7 Å². The molecule has 1 atom stereocenters. The van der Waals surface area contributed by atoms with Crippen LogP contribution in [0.25, 0.3) is 0 Å². The number of hydrogen-bond acceptors (Lipinski definition) is 3. The minimum absolute atomic E-state index is 0.0971. The Morgan fingerprint density at radius 1 is 1.31 bits per heavy atom. The first-order valence-electron chi connectivity index (χ1n) is 8.88. The van der Waals surface area contributed by atoms with E-state index in [1.54, 1.807) is 29.2 Å². The van der Waals surface area contributed by atoms with Crippen LogP contribution in [0.3, 0.4) is 0 Å². The van der Waals surface area contributed by atoms with E-state index in [1.807, 2.05) is 24.6 Å². The summed E-state index contributed by atoms with van der Waals surface area (Å²) >= 11 is 0. The van der Waals surface area contributed by atoms with Crippen molar-refractivity contribution in [3.05, 3.63) is 47.3 Å². The molecular formula is C19H25N5O2. The van der Waals surface area contributed by atoms with Gasteiger partial charge in [0.2, 0.25) is 0 Å². The zero-order chi connectivity index (χ0) is 18.7. The van der Waals surface area contributed by atoms with Gasteiger partial charge in [-0.15, -0.1) is 0 Å². The SMILES string of the molecule is Cc1cc(C)n(C[C@@H](C)CNC(=O)c2ccc(N3CCNC3=O)cc2)n1. The van der Waals surface area contributed by atoms with Crippen molar-refractivity contribution < 1.29 is 9.59 Å². The van der Waals surface area contributed by atoms with Crippen molar-refractivity contribution >= 4 is 17.6 Å². The maximum absolute atomic E-state index is 12.3. The molecule has 0 saturated carbocycles. The maximum atomic E-state index is 12.3. The van der Waals surface area contributed by atoms with Crippen molar-refractivity contribution in [3.63, 3.8) is 0 Å². The molecule has 0 spiro atoms. The van der Waals surface area contributed by atoms with Crippen LogP contribution in [0.2, 0.25) is 0 Å². The number of carbonyl (C=O) groups excluding carboxylic acids is 2. The highest BCUT2D eigenvalue weighted by Crippen LogP contribution is 2.17. The van der Waals surface area contributed by atoms with Gasteiger partial charge in [-0.3, -0.25) is 14.4 Å². The van der Waals surface area contributed by atoms with Gasteiger partial charge in [0.05, 0.1) is 5.69 Å². The Morgan fingerprint density at radius 2 is 2.04 bits per heavy atom. The lowest BCUT2D eigenvalue weighted by Crippen LogP contribution is -2.30. The number of rotatable bonds is 6. The summed E-state index contributed by atoms with van der Waals surface area (Å²) in [5, 5.41) is 10.2. The van der Waals surface area contributed by atoms with E-state index in [-0.39, 0.29) is 17.9 Å². The first-order valence-corrected chi connectivity index (χ1v) is 8.88. The molecule has 138 valence electrons. The fourth-order valence-corrected chi connectivity index (χ4v) is 3.10. The highest BCUT2D eigenvalue weighted by atomic mass is 16.2. The average molecular weight is 355 g/mol. The molecule has 26 heavy (non-hydrogen) atoms. The van der Waals surface area contributed by atoms with Gasteiger partial charge in [0, 0.05) is 43.1 Å². The molecule has 1 aromatic heterocycles. The van der Waals surface area contributed by atoms with Crippen molar-refractivity contribution in [2.45, 2.75) is 27.3 Å². The molecule has 2 heterocycles. The number of hydrogen-bond donors (Lipinski definition) is 2. The highest BCUT2D eigenvalue weighted by Gasteiger charge is 2.21. The number of amides is 3. The fourth-order valence-electron chi connectivity index (χ4n) is 3.10. The van der Waals surface area contributed by atoms with Gasteiger partial charge in [-0.25, -0.2) is 4.79 Å². The number of aryl methyl sites for hydroxylation is 2. The number of aromatic nitrogens is 2. The van der Waals surface area contributed by atoms with Crippen molar-refractivity contribution in [2.75, 3.05) is 24.5 Å². The van der Waals surface area contributed by atoms with Crippen LogP contribution >= 0.6 is 0 Å². The Hall–Kier alpha value is -2.83. The van der Waals surface area contributed by atoms with Crippen LogP contribution < -0.4 is 15.5 Å².